The first-order valence-corrected chi connectivity index (χ1v) is 8.14. The first kappa shape index (κ1) is 18.0. The van der Waals surface area contributed by atoms with Crippen LogP contribution < -0.4 is 0 Å². The van der Waals surface area contributed by atoms with Gasteiger partial charge in [-0.15, -0.1) is 0 Å². The quantitative estimate of drug-likeness (QED) is 0.369. The Kier molecular flexibility index (Phi) is 6.37. The second-order valence-electron chi connectivity index (χ2n) is 5.53. The van der Waals surface area contributed by atoms with Gasteiger partial charge in [0.15, 0.2) is 11.6 Å². The summed E-state index contributed by atoms with van der Waals surface area (Å²) in [6.45, 7) is 4.23. The minimum absolute atomic E-state index is 0.354. The molecule has 0 aliphatic carbocycles. The van der Waals surface area contributed by atoms with E-state index >= 15 is 0 Å². The topological polar surface area (TPSA) is 12.4 Å². The third-order valence-corrected chi connectivity index (χ3v) is 3.67. The van der Waals surface area contributed by atoms with E-state index in [9.17, 15) is 8.78 Å². The molecular formula is C20H17F2NS. The van der Waals surface area contributed by atoms with E-state index in [0.717, 1.165) is 18.4 Å². The van der Waals surface area contributed by atoms with Gasteiger partial charge in [-0.1, -0.05) is 44.2 Å². The summed E-state index contributed by atoms with van der Waals surface area (Å²) in [5, 5.41) is 1.98. The van der Waals surface area contributed by atoms with E-state index in [1.54, 1.807) is 12.1 Å². The lowest BCUT2D eigenvalue weighted by molar-refractivity contribution is 0.588. The molecule has 122 valence electrons. The Morgan fingerprint density at radius 3 is 2.25 bits per heavy atom. The van der Waals surface area contributed by atoms with Crippen molar-refractivity contribution >= 4 is 23.1 Å². The summed E-state index contributed by atoms with van der Waals surface area (Å²) in [4.78, 5) is 3.41. The maximum atomic E-state index is 13.9. The molecule has 0 bridgehead atoms. The Morgan fingerprint density at radius 2 is 1.71 bits per heavy atom. The lowest BCUT2D eigenvalue weighted by Gasteiger charge is -2.05. The van der Waals surface area contributed by atoms with Crippen LogP contribution in [0.5, 0.6) is 0 Å². The molecular weight excluding hydrogens is 324 g/mol. The Hall–Kier alpha value is -2.34. The summed E-state index contributed by atoms with van der Waals surface area (Å²) in [6.07, 6.45) is 2.18. The molecule has 0 saturated carbocycles. The zero-order valence-electron chi connectivity index (χ0n) is 13.6. The number of hydrogen-bond donors (Lipinski definition) is 0. The monoisotopic (exact) mass is 341 g/mol. The first-order valence-electron chi connectivity index (χ1n) is 7.74. The smallest absolute Gasteiger partial charge is 0.153 e. The van der Waals surface area contributed by atoms with E-state index in [-0.39, 0.29) is 0 Å². The Bertz CT molecular complexity index is 802. The third-order valence-electron chi connectivity index (χ3n) is 3.58. The van der Waals surface area contributed by atoms with Crippen LogP contribution in [0.25, 0.3) is 11.1 Å². The van der Waals surface area contributed by atoms with Crippen molar-refractivity contribution < 1.29 is 8.78 Å². The van der Waals surface area contributed by atoms with Gasteiger partial charge in [0, 0.05) is 11.5 Å². The largest absolute Gasteiger partial charge is 0.204 e. The van der Waals surface area contributed by atoms with Crippen molar-refractivity contribution in [2.75, 3.05) is 0 Å². The van der Waals surface area contributed by atoms with Crippen LogP contribution in [-0.2, 0) is 0 Å². The van der Waals surface area contributed by atoms with Crippen molar-refractivity contribution in [2.24, 2.45) is 10.9 Å². The summed E-state index contributed by atoms with van der Waals surface area (Å²) in [6, 6.07) is 9.76. The summed E-state index contributed by atoms with van der Waals surface area (Å²) in [7, 11) is 0. The van der Waals surface area contributed by atoms with E-state index in [0.29, 0.717) is 17.0 Å². The van der Waals surface area contributed by atoms with Crippen LogP contribution in [0.1, 0.15) is 32.3 Å². The second kappa shape index (κ2) is 8.49. The average molecular weight is 341 g/mol. The third kappa shape index (κ3) is 4.58. The van der Waals surface area contributed by atoms with Gasteiger partial charge in [0.05, 0.1) is 5.16 Å². The van der Waals surface area contributed by atoms with Crippen molar-refractivity contribution in [1.82, 2.24) is 0 Å². The van der Waals surface area contributed by atoms with Gasteiger partial charge < -0.3 is 0 Å². The molecule has 2 rings (SSSR count). The zero-order valence-corrected chi connectivity index (χ0v) is 14.4. The molecule has 4 heteroatoms. The van der Waals surface area contributed by atoms with Crippen LogP contribution in [0.2, 0.25) is 0 Å². The maximum Gasteiger partial charge on any atom is 0.153 e. The number of rotatable bonds is 4. The Balaban J connectivity index is 2.27. The van der Waals surface area contributed by atoms with Crippen molar-refractivity contribution in [2.45, 2.75) is 26.7 Å². The van der Waals surface area contributed by atoms with Crippen LogP contribution in [0.4, 0.5) is 14.5 Å². The molecule has 2 aromatic carbocycles. The normalized spacial score (nSPS) is 11.2. The van der Waals surface area contributed by atoms with Crippen molar-refractivity contribution in [3.8, 4) is 23.0 Å². The number of hydrogen-bond acceptors (Lipinski definition) is 2. The van der Waals surface area contributed by atoms with Gasteiger partial charge in [-0.3, -0.25) is 0 Å². The standard InChI is InChI=1S/C20H17F2NS/c1-3-4-14(2)5-6-15-7-9-16(10-8-15)17-11-18(21)20(23-13-24)19(22)12-17/h7-12,14H,3-4H2,1-2H3. The SMILES string of the molecule is CCCC(C)C#Cc1ccc(-c2cc(F)c(N=C=S)c(F)c2)cc1. The molecule has 0 aliphatic heterocycles. The van der Waals surface area contributed by atoms with Gasteiger partial charge in [-0.05, 0) is 54.0 Å². The molecule has 1 unspecified atom stereocenters. The van der Waals surface area contributed by atoms with Crippen molar-refractivity contribution in [3.05, 3.63) is 53.6 Å². The molecule has 0 heterocycles. The van der Waals surface area contributed by atoms with Crippen LogP contribution in [0, 0.1) is 29.4 Å². The van der Waals surface area contributed by atoms with E-state index in [2.05, 4.69) is 42.9 Å². The highest BCUT2D eigenvalue weighted by Crippen LogP contribution is 2.29. The average Bonchev–Trinajstić information content (AvgIpc) is 2.57. The fraction of sp³-hybridized carbons (Fsp3) is 0.250. The van der Waals surface area contributed by atoms with E-state index in [1.807, 2.05) is 17.3 Å². The van der Waals surface area contributed by atoms with Crippen LogP contribution in [-0.4, -0.2) is 5.16 Å². The highest BCUT2D eigenvalue weighted by atomic mass is 32.1. The summed E-state index contributed by atoms with van der Waals surface area (Å²) in [5.41, 5.74) is 1.61. The molecule has 0 amide bonds. The highest BCUT2D eigenvalue weighted by molar-refractivity contribution is 7.78. The first-order chi connectivity index (χ1) is 11.5. The Morgan fingerprint density at radius 1 is 1.08 bits per heavy atom. The highest BCUT2D eigenvalue weighted by Gasteiger charge is 2.11. The van der Waals surface area contributed by atoms with E-state index < -0.39 is 17.3 Å². The van der Waals surface area contributed by atoms with Gasteiger partial charge in [0.25, 0.3) is 0 Å². The molecule has 0 radical (unpaired) electrons. The zero-order chi connectivity index (χ0) is 17.5. The van der Waals surface area contributed by atoms with Crippen molar-refractivity contribution in [3.63, 3.8) is 0 Å². The lowest BCUT2D eigenvalue weighted by atomic mass is 10.0. The van der Waals surface area contributed by atoms with Crippen LogP contribution in [0.15, 0.2) is 41.4 Å². The fourth-order valence-corrected chi connectivity index (χ4v) is 2.43. The maximum absolute atomic E-state index is 13.9. The molecule has 2 aromatic rings. The fourth-order valence-electron chi connectivity index (χ4n) is 2.34. The van der Waals surface area contributed by atoms with Crippen LogP contribution in [0.3, 0.4) is 0 Å². The van der Waals surface area contributed by atoms with Gasteiger partial charge in [-0.25, -0.2) is 8.78 Å². The molecule has 0 saturated heterocycles. The number of thiocarbonyl (C=S) groups is 1. The molecule has 0 fully saturated rings. The Labute approximate surface area is 146 Å². The van der Waals surface area contributed by atoms with Gasteiger partial charge in [0.2, 0.25) is 0 Å². The molecule has 1 atom stereocenters. The summed E-state index contributed by atoms with van der Waals surface area (Å²) in [5.74, 6) is 5.15. The molecule has 0 spiro atoms. The summed E-state index contributed by atoms with van der Waals surface area (Å²) < 4.78 is 27.8. The number of nitrogens with zero attached hydrogens (tertiary/aromatic N) is 1. The predicted molar refractivity (Wildman–Crippen MR) is 97.4 cm³/mol. The molecule has 0 aliphatic rings. The van der Waals surface area contributed by atoms with Crippen molar-refractivity contribution in [1.29, 1.82) is 0 Å². The van der Waals surface area contributed by atoms with E-state index in [4.69, 9.17) is 0 Å². The number of isothiocyanates is 1. The molecule has 0 aromatic heterocycles. The molecule has 1 nitrogen and oxygen atoms in total. The summed E-state index contributed by atoms with van der Waals surface area (Å²) >= 11 is 4.39. The minimum Gasteiger partial charge on any atom is -0.204 e. The number of aliphatic imine (C=N–C) groups is 1. The van der Waals surface area contributed by atoms with Crippen LogP contribution >= 0.6 is 12.2 Å². The predicted octanol–water partition coefficient (Wildman–Crippen LogP) is 6.15. The van der Waals surface area contributed by atoms with Gasteiger partial charge in [-0.2, -0.15) is 4.99 Å². The van der Waals surface area contributed by atoms with E-state index in [1.165, 1.54) is 12.1 Å². The molecule has 0 N–H and O–H groups in total. The molecule has 24 heavy (non-hydrogen) atoms. The minimum atomic E-state index is -0.764. The second-order valence-corrected chi connectivity index (χ2v) is 5.71. The number of benzene rings is 2. The number of halogens is 2. The van der Waals surface area contributed by atoms with Gasteiger partial charge in [0.1, 0.15) is 5.69 Å². The lowest BCUT2D eigenvalue weighted by Crippen LogP contribution is -1.89. The van der Waals surface area contributed by atoms with Gasteiger partial charge >= 0.3 is 0 Å².